The molecule has 0 aliphatic heterocycles. The number of nitrogens with zero attached hydrogens (tertiary/aromatic N) is 4. The van der Waals surface area contributed by atoms with E-state index in [0.29, 0.717) is 23.0 Å². The van der Waals surface area contributed by atoms with Crippen molar-refractivity contribution < 1.29 is 4.39 Å². The zero-order valence-corrected chi connectivity index (χ0v) is 11.3. The number of halogens is 1. The molecule has 0 spiro atoms. The molecule has 0 aliphatic rings. The molecular weight excluding hydrogens is 245 g/mol. The second-order valence-electron chi connectivity index (χ2n) is 5.16. The summed E-state index contributed by atoms with van der Waals surface area (Å²) in [6.45, 7) is 6.27. The van der Waals surface area contributed by atoms with Crippen LogP contribution < -0.4 is 5.73 Å². The lowest BCUT2D eigenvalue weighted by molar-refractivity contribution is 0.393. The number of hydrogen-bond acceptors (Lipinski definition) is 4. The van der Waals surface area contributed by atoms with Crippen LogP contribution in [0.2, 0.25) is 0 Å². The summed E-state index contributed by atoms with van der Waals surface area (Å²) in [5.41, 5.74) is 6.52. The van der Waals surface area contributed by atoms with Gasteiger partial charge in [-0.25, -0.2) is 9.07 Å². The summed E-state index contributed by atoms with van der Waals surface area (Å²) in [6.07, 6.45) is 0.919. The monoisotopic (exact) mass is 263 g/mol. The van der Waals surface area contributed by atoms with Gasteiger partial charge in [-0.1, -0.05) is 13.8 Å². The van der Waals surface area contributed by atoms with Crippen molar-refractivity contribution in [2.75, 3.05) is 5.73 Å². The van der Waals surface area contributed by atoms with Crippen LogP contribution in [0.25, 0.3) is 11.4 Å². The van der Waals surface area contributed by atoms with E-state index >= 15 is 0 Å². The molecule has 1 aromatic carbocycles. The second kappa shape index (κ2) is 5.34. The lowest BCUT2D eigenvalue weighted by atomic mass is 10.0. The Kier molecular flexibility index (Phi) is 3.78. The van der Waals surface area contributed by atoms with Crippen molar-refractivity contribution in [3.05, 3.63) is 24.0 Å². The summed E-state index contributed by atoms with van der Waals surface area (Å²) in [5.74, 6) is 0.553. The van der Waals surface area contributed by atoms with Gasteiger partial charge in [-0.3, -0.25) is 0 Å². The van der Waals surface area contributed by atoms with E-state index in [4.69, 9.17) is 5.73 Å². The first-order chi connectivity index (χ1) is 8.99. The number of anilines is 1. The summed E-state index contributed by atoms with van der Waals surface area (Å²) in [4.78, 5) is 0. The lowest BCUT2D eigenvalue weighted by Gasteiger charge is -2.15. The van der Waals surface area contributed by atoms with Crippen LogP contribution in [0.3, 0.4) is 0 Å². The summed E-state index contributed by atoms with van der Waals surface area (Å²) < 4.78 is 15.5. The van der Waals surface area contributed by atoms with Crippen LogP contribution in [-0.2, 0) is 0 Å². The number of nitrogen functional groups attached to an aromatic ring is 1. The highest BCUT2D eigenvalue weighted by Gasteiger charge is 2.18. The number of benzene rings is 1. The largest absolute Gasteiger partial charge is 0.399 e. The van der Waals surface area contributed by atoms with Crippen molar-refractivity contribution in [1.82, 2.24) is 20.2 Å². The number of rotatable bonds is 4. The van der Waals surface area contributed by atoms with Crippen LogP contribution in [0.15, 0.2) is 18.2 Å². The van der Waals surface area contributed by atoms with Crippen molar-refractivity contribution >= 4 is 5.69 Å². The number of nitrogens with two attached hydrogens (primary N) is 1. The van der Waals surface area contributed by atoms with Gasteiger partial charge in [0.1, 0.15) is 5.82 Å². The topological polar surface area (TPSA) is 69.6 Å². The minimum Gasteiger partial charge on any atom is -0.399 e. The van der Waals surface area contributed by atoms with Crippen molar-refractivity contribution in [2.45, 2.75) is 33.2 Å². The lowest BCUT2D eigenvalue weighted by Crippen LogP contribution is -2.12. The van der Waals surface area contributed by atoms with Crippen LogP contribution in [0.5, 0.6) is 0 Å². The molecule has 0 fully saturated rings. The maximum absolute atomic E-state index is 13.9. The molecule has 0 aliphatic carbocycles. The summed E-state index contributed by atoms with van der Waals surface area (Å²) in [7, 11) is 0. The Morgan fingerprint density at radius 2 is 2.05 bits per heavy atom. The predicted molar refractivity (Wildman–Crippen MR) is 71.8 cm³/mol. The fourth-order valence-corrected chi connectivity index (χ4v) is 2.16. The Bertz CT molecular complexity index is 564. The molecule has 2 N–H and O–H groups in total. The van der Waals surface area contributed by atoms with Gasteiger partial charge in [-0.2, -0.15) is 0 Å². The molecule has 102 valence electrons. The van der Waals surface area contributed by atoms with E-state index in [9.17, 15) is 4.39 Å². The molecule has 6 heteroatoms. The Labute approximate surface area is 111 Å². The highest BCUT2D eigenvalue weighted by molar-refractivity contribution is 5.61. The first-order valence-electron chi connectivity index (χ1n) is 6.32. The van der Waals surface area contributed by atoms with Crippen molar-refractivity contribution in [1.29, 1.82) is 0 Å². The molecule has 1 atom stereocenters. The molecule has 0 bridgehead atoms. The van der Waals surface area contributed by atoms with E-state index in [1.807, 2.05) is 6.92 Å². The SMILES string of the molecule is CC(C)CC(C)n1nnnc1-c1cc(N)ccc1F. The third-order valence-corrected chi connectivity index (χ3v) is 2.95. The summed E-state index contributed by atoms with van der Waals surface area (Å²) in [6, 6.07) is 4.51. The van der Waals surface area contributed by atoms with Gasteiger partial charge in [0.15, 0.2) is 5.82 Å². The second-order valence-corrected chi connectivity index (χ2v) is 5.16. The molecule has 5 nitrogen and oxygen atoms in total. The molecule has 1 aromatic heterocycles. The molecule has 2 aromatic rings. The van der Waals surface area contributed by atoms with Gasteiger partial charge in [-0.15, -0.1) is 5.10 Å². The quantitative estimate of drug-likeness (QED) is 0.861. The molecule has 0 amide bonds. The normalized spacial score (nSPS) is 12.9. The van der Waals surface area contributed by atoms with Gasteiger partial charge in [0.2, 0.25) is 0 Å². The fourth-order valence-electron chi connectivity index (χ4n) is 2.16. The third-order valence-electron chi connectivity index (χ3n) is 2.95. The Hall–Kier alpha value is -1.98. The third kappa shape index (κ3) is 2.89. The van der Waals surface area contributed by atoms with Crippen LogP contribution in [0, 0.1) is 11.7 Å². The molecule has 1 heterocycles. The van der Waals surface area contributed by atoms with Gasteiger partial charge in [-0.05, 0) is 47.9 Å². The Morgan fingerprint density at radius 1 is 1.32 bits per heavy atom. The van der Waals surface area contributed by atoms with E-state index in [-0.39, 0.29) is 11.9 Å². The van der Waals surface area contributed by atoms with E-state index in [1.165, 1.54) is 12.1 Å². The number of hydrogen-bond donors (Lipinski definition) is 1. The first kappa shape index (κ1) is 13.5. The molecule has 0 saturated heterocycles. The van der Waals surface area contributed by atoms with Crippen LogP contribution in [-0.4, -0.2) is 20.2 Å². The number of tetrazole rings is 1. The number of aromatic nitrogens is 4. The molecule has 0 saturated carbocycles. The maximum Gasteiger partial charge on any atom is 0.185 e. The van der Waals surface area contributed by atoms with E-state index in [2.05, 4.69) is 29.4 Å². The van der Waals surface area contributed by atoms with Crippen molar-refractivity contribution in [3.63, 3.8) is 0 Å². The van der Waals surface area contributed by atoms with E-state index < -0.39 is 0 Å². The molecular formula is C13H18FN5. The predicted octanol–water partition coefficient (Wildman–Crippen LogP) is 2.67. The average Bonchev–Trinajstić information content (AvgIpc) is 2.80. The minimum absolute atomic E-state index is 0.103. The van der Waals surface area contributed by atoms with Crippen LogP contribution in [0.4, 0.5) is 10.1 Å². The standard InChI is InChI=1S/C13H18FN5/c1-8(2)6-9(3)19-13(16-17-18-19)11-7-10(15)4-5-12(11)14/h4-5,7-9H,6,15H2,1-3H3. The van der Waals surface area contributed by atoms with E-state index in [0.717, 1.165) is 6.42 Å². The van der Waals surface area contributed by atoms with Crippen LogP contribution >= 0.6 is 0 Å². The first-order valence-corrected chi connectivity index (χ1v) is 6.32. The fraction of sp³-hybridized carbons (Fsp3) is 0.462. The summed E-state index contributed by atoms with van der Waals surface area (Å²) in [5, 5.41) is 11.5. The highest BCUT2D eigenvalue weighted by Crippen LogP contribution is 2.26. The highest BCUT2D eigenvalue weighted by atomic mass is 19.1. The Balaban J connectivity index is 2.41. The summed E-state index contributed by atoms with van der Waals surface area (Å²) >= 11 is 0. The molecule has 2 rings (SSSR count). The Morgan fingerprint density at radius 3 is 2.74 bits per heavy atom. The van der Waals surface area contributed by atoms with Gasteiger partial charge in [0, 0.05) is 5.69 Å². The van der Waals surface area contributed by atoms with Crippen LogP contribution in [0.1, 0.15) is 33.2 Å². The maximum atomic E-state index is 13.9. The smallest absolute Gasteiger partial charge is 0.185 e. The average molecular weight is 263 g/mol. The molecule has 1 unspecified atom stereocenters. The van der Waals surface area contributed by atoms with E-state index in [1.54, 1.807) is 10.7 Å². The van der Waals surface area contributed by atoms with Gasteiger partial charge >= 0.3 is 0 Å². The van der Waals surface area contributed by atoms with Gasteiger partial charge in [0.05, 0.1) is 11.6 Å². The van der Waals surface area contributed by atoms with Gasteiger partial charge in [0.25, 0.3) is 0 Å². The molecule has 19 heavy (non-hydrogen) atoms. The van der Waals surface area contributed by atoms with Gasteiger partial charge < -0.3 is 5.73 Å². The minimum atomic E-state index is -0.373. The van der Waals surface area contributed by atoms with Crippen molar-refractivity contribution in [2.24, 2.45) is 5.92 Å². The zero-order chi connectivity index (χ0) is 14.0. The zero-order valence-electron chi connectivity index (χ0n) is 11.3. The molecule has 0 radical (unpaired) electrons. The van der Waals surface area contributed by atoms with Crippen molar-refractivity contribution in [3.8, 4) is 11.4 Å².